The third-order valence-corrected chi connectivity index (χ3v) is 9.34. The third-order valence-electron chi connectivity index (χ3n) is 9.34. The molecule has 4 fully saturated rings. The summed E-state index contributed by atoms with van der Waals surface area (Å²) < 4.78 is 2.28. The standard InChI is InChI=1S/C31H35N3O/c1-2-21-9-11-25(12-10-21)29-28-8-5-13-33(28)27-7-4-3-6-26(27)20-34(29)30(35)32-31-17-22-14-23(18-31)16-24(15-22)19-31/h3-13,22-24,29H,2,14-20H2,1H3,(H,32,35)/t22?,23?,24?,29-,31?/m1/s1. The first-order valence-electron chi connectivity index (χ1n) is 13.5. The highest BCUT2D eigenvalue weighted by molar-refractivity contribution is 5.77. The van der Waals surface area contributed by atoms with Crippen LogP contribution in [0.5, 0.6) is 0 Å². The molecule has 4 aliphatic carbocycles. The number of urea groups is 1. The van der Waals surface area contributed by atoms with Gasteiger partial charge >= 0.3 is 6.03 Å². The fourth-order valence-corrected chi connectivity index (χ4v) is 8.19. The van der Waals surface area contributed by atoms with Crippen LogP contribution in [0.1, 0.15) is 73.9 Å². The molecule has 1 aromatic heterocycles. The number of para-hydroxylation sites is 1. The molecule has 1 atom stereocenters. The van der Waals surface area contributed by atoms with Crippen LogP contribution in [0.3, 0.4) is 0 Å². The highest BCUT2D eigenvalue weighted by Gasteiger charge is 2.52. The molecule has 1 aliphatic heterocycles. The van der Waals surface area contributed by atoms with Gasteiger partial charge < -0.3 is 14.8 Å². The molecule has 35 heavy (non-hydrogen) atoms. The predicted molar refractivity (Wildman–Crippen MR) is 138 cm³/mol. The number of fused-ring (bicyclic) bond motifs is 3. The van der Waals surface area contributed by atoms with Crippen molar-refractivity contribution in [2.75, 3.05) is 0 Å². The molecule has 8 rings (SSSR count). The summed E-state index contributed by atoms with van der Waals surface area (Å²) in [7, 11) is 0. The minimum atomic E-state index is -0.128. The van der Waals surface area contributed by atoms with Gasteiger partial charge in [-0.2, -0.15) is 0 Å². The van der Waals surface area contributed by atoms with Gasteiger partial charge in [0.1, 0.15) is 0 Å². The van der Waals surface area contributed by atoms with E-state index in [9.17, 15) is 4.79 Å². The van der Waals surface area contributed by atoms with Crippen molar-refractivity contribution < 1.29 is 4.79 Å². The van der Waals surface area contributed by atoms with Crippen LogP contribution in [-0.4, -0.2) is 21.0 Å². The molecule has 180 valence electrons. The van der Waals surface area contributed by atoms with Crippen molar-refractivity contribution in [2.45, 2.75) is 70.0 Å². The number of rotatable bonds is 3. The van der Waals surface area contributed by atoms with Crippen LogP contribution in [-0.2, 0) is 13.0 Å². The summed E-state index contributed by atoms with van der Waals surface area (Å²) in [5.74, 6) is 2.42. The lowest BCUT2D eigenvalue weighted by atomic mass is 9.53. The first kappa shape index (κ1) is 21.3. The topological polar surface area (TPSA) is 37.3 Å². The summed E-state index contributed by atoms with van der Waals surface area (Å²) in [4.78, 5) is 16.4. The predicted octanol–water partition coefficient (Wildman–Crippen LogP) is 6.62. The molecule has 0 spiro atoms. The molecular formula is C31H35N3O. The van der Waals surface area contributed by atoms with E-state index in [1.54, 1.807) is 0 Å². The van der Waals surface area contributed by atoms with Crippen molar-refractivity contribution in [2.24, 2.45) is 17.8 Å². The van der Waals surface area contributed by atoms with Crippen molar-refractivity contribution in [3.05, 3.63) is 89.2 Å². The Hall–Kier alpha value is -3.01. The Morgan fingerprint density at radius 1 is 0.914 bits per heavy atom. The number of aromatic nitrogens is 1. The lowest BCUT2D eigenvalue weighted by Crippen LogP contribution is -2.62. The minimum Gasteiger partial charge on any atom is -0.332 e. The number of nitrogens with zero attached hydrogens (tertiary/aromatic N) is 2. The lowest BCUT2D eigenvalue weighted by molar-refractivity contribution is -0.0163. The number of aryl methyl sites for hydroxylation is 1. The van der Waals surface area contributed by atoms with Gasteiger partial charge in [0.2, 0.25) is 0 Å². The van der Waals surface area contributed by atoms with Crippen LogP contribution in [0.2, 0.25) is 0 Å². The smallest absolute Gasteiger partial charge is 0.318 e. The van der Waals surface area contributed by atoms with Crippen molar-refractivity contribution in [3.8, 4) is 5.69 Å². The van der Waals surface area contributed by atoms with Crippen molar-refractivity contribution in [3.63, 3.8) is 0 Å². The largest absolute Gasteiger partial charge is 0.332 e. The van der Waals surface area contributed by atoms with Crippen LogP contribution < -0.4 is 5.32 Å². The summed E-state index contributed by atoms with van der Waals surface area (Å²) in [6.07, 6.45) is 10.8. The Balaban J connectivity index is 1.30. The zero-order valence-corrected chi connectivity index (χ0v) is 20.6. The summed E-state index contributed by atoms with van der Waals surface area (Å²) in [5.41, 5.74) is 6.02. The van der Waals surface area contributed by atoms with Crippen molar-refractivity contribution in [1.29, 1.82) is 0 Å². The summed E-state index contributed by atoms with van der Waals surface area (Å²) >= 11 is 0. The number of hydrogen-bond acceptors (Lipinski definition) is 1. The average molecular weight is 466 g/mol. The van der Waals surface area contributed by atoms with Crippen LogP contribution >= 0.6 is 0 Å². The van der Waals surface area contributed by atoms with E-state index in [-0.39, 0.29) is 17.6 Å². The van der Waals surface area contributed by atoms with Crippen molar-refractivity contribution in [1.82, 2.24) is 14.8 Å². The van der Waals surface area contributed by atoms with E-state index in [4.69, 9.17) is 0 Å². The molecule has 0 saturated heterocycles. The summed E-state index contributed by atoms with van der Waals surface area (Å²) in [6.45, 7) is 2.80. The number of nitrogens with one attached hydrogen (secondary N) is 1. The van der Waals surface area contributed by atoms with Crippen molar-refractivity contribution >= 4 is 6.03 Å². The molecule has 1 N–H and O–H groups in total. The summed E-state index contributed by atoms with van der Waals surface area (Å²) in [5, 5.41) is 3.68. The molecule has 4 saturated carbocycles. The Kier molecular flexibility index (Phi) is 4.87. The average Bonchev–Trinajstić information content (AvgIpc) is 3.27. The Morgan fingerprint density at radius 2 is 1.60 bits per heavy atom. The molecule has 5 aliphatic rings. The summed E-state index contributed by atoms with van der Waals surface area (Å²) in [6, 6.07) is 21.7. The van der Waals surface area contributed by atoms with Gasteiger partial charge in [-0.3, -0.25) is 0 Å². The van der Waals surface area contributed by atoms with Gasteiger partial charge in [-0.15, -0.1) is 0 Å². The molecular weight excluding hydrogens is 430 g/mol. The normalized spacial score (nSPS) is 30.5. The number of carbonyl (C=O) groups excluding carboxylic acids is 1. The number of hydrogen-bond donors (Lipinski definition) is 1. The van der Waals surface area contributed by atoms with Crippen LogP contribution in [0, 0.1) is 17.8 Å². The van der Waals surface area contributed by atoms with Gasteiger partial charge in [-0.25, -0.2) is 4.79 Å². The quantitative estimate of drug-likeness (QED) is 0.463. The second-order valence-corrected chi connectivity index (χ2v) is 11.7. The zero-order valence-electron chi connectivity index (χ0n) is 20.6. The van der Waals surface area contributed by atoms with Crippen LogP contribution in [0.25, 0.3) is 5.69 Å². The van der Waals surface area contributed by atoms with E-state index in [2.05, 4.69) is 88.6 Å². The van der Waals surface area contributed by atoms with E-state index in [0.717, 1.165) is 29.9 Å². The molecule has 2 amide bonds. The molecule has 0 unspecified atom stereocenters. The number of benzene rings is 2. The first-order chi connectivity index (χ1) is 17.1. The molecule has 2 aromatic carbocycles. The second kappa shape index (κ2) is 8.01. The van der Waals surface area contributed by atoms with Gasteiger partial charge in [0.15, 0.2) is 0 Å². The molecule has 3 aromatic rings. The maximum absolute atomic E-state index is 14.3. The lowest BCUT2D eigenvalue weighted by Gasteiger charge is -2.57. The van der Waals surface area contributed by atoms with E-state index in [1.165, 1.54) is 60.9 Å². The van der Waals surface area contributed by atoms with Gasteiger partial charge in [-0.1, -0.05) is 49.4 Å². The number of amides is 2. The Bertz CT molecular complexity index is 1220. The number of carbonyl (C=O) groups is 1. The first-order valence-corrected chi connectivity index (χ1v) is 13.5. The van der Waals surface area contributed by atoms with E-state index < -0.39 is 0 Å². The highest BCUT2D eigenvalue weighted by atomic mass is 16.2. The fourth-order valence-electron chi connectivity index (χ4n) is 8.19. The van der Waals surface area contributed by atoms with Gasteiger partial charge in [0.25, 0.3) is 0 Å². The SMILES string of the molecule is CCc1ccc([C@@H]2c3cccn3-c3ccccc3CN2C(=O)NC23CC4CC(CC(C4)C2)C3)cc1. The van der Waals surface area contributed by atoms with Gasteiger partial charge in [0.05, 0.1) is 18.3 Å². The maximum Gasteiger partial charge on any atom is 0.318 e. The van der Waals surface area contributed by atoms with E-state index in [0.29, 0.717) is 6.54 Å². The molecule has 4 heteroatoms. The molecule has 4 bridgehead atoms. The molecule has 2 heterocycles. The fraction of sp³-hybridized carbons (Fsp3) is 0.452. The Labute approximate surface area is 208 Å². The minimum absolute atomic E-state index is 0.00370. The second-order valence-electron chi connectivity index (χ2n) is 11.7. The zero-order chi connectivity index (χ0) is 23.6. The third kappa shape index (κ3) is 3.52. The highest BCUT2D eigenvalue weighted by Crippen LogP contribution is 2.55. The van der Waals surface area contributed by atoms with Gasteiger partial charge in [-0.05, 0) is 97.6 Å². The van der Waals surface area contributed by atoms with E-state index in [1.807, 2.05) is 0 Å². The molecule has 0 radical (unpaired) electrons. The van der Waals surface area contributed by atoms with Gasteiger partial charge in [0, 0.05) is 17.4 Å². The van der Waals surface area contributed by atoms with Crippen LogP contribution in [0.15, 0.2) is 66.9 Å². The molecule has 4 nitrogen and oxygen atoms in total. The Morgan fingerprint density at radius 3 is 2.29 bits per heavy atom. The van der Waals surface area contributed by atoms with E-state index >= 15 is 0 Å². The maximum atomic E-state index is 14.3. The monoisotopic (exact) mass is 465 g/mol. The van der Waals surface area contributed by atoms with Crippen LogP contribution in [0.4, 0.5) is 4.79 Å².